The topological polar surface area (TPSA) is 89.0 Å². The van der Waals surface area contributed by atoms with Gasteiger partial charge in [-0.25, -0.2) is 19.2 Å². The lowest BCUT2D eigenvalue weighted by Gasteiger charge is -2.34. The molecular weight excluding hydrogens is 422 g/mol. The first-order chi connectivity index (χ1) is 15.1. The number of fused-ring (bicyclic) bond motifs is 1. The number of hydrogen-bond acceptors (Lipinski definition) is 6. The van der Waals surface area contributed by atoms with Crippen molar-refractivity contribution in [3.8, 4) is 5.88 Å². The molecule has 2 N–H and O–H groups in total. The predicted molar refractivity (Wildman–Crippen MR) is 133 cm³/mol. The first-order valence-electron chi connectivity index (χ1n) is 10.8. The van der Waals surface area contributed by atoms with Crippen LogP contribution in [0.25, 0.3) is 10.9 Å². The Hall–Kier alpha value is -2.87. The summed E-state index contributed by atoms with van der Waals surface area (Å²) in [5, 5.41) is 4.29. The van der Waals surface area contributed by atoms with E-state index in [2.05, 4.69) is 44.7 Å². The highest BCUT2D eigenvalue weighted by Gasteiger charge is 2.28. The summed E-state index contributed by atoms with van der Waals surface area (Å²) in [7, 11) is -2.38. The zero-order valence-electron chi connectivity index (χ0n) is 19.1. The zero-order chi connectivity index (χ0) is 22.9. The first kappa shape index (κ1) is 22.3. The predicted octanol–water partition coefficient (Wildman–Crippen LogP) is 5.10. The molecule has 3 aromatic rings. The molecule has 1 unspecified atom stereocenters. The van der Waals surface area contributed by atoms with Gasteiger partial charge in [-0.3, -0.25) is 0 Å². The fraction of sp³-hybridized carbons (Fsp3) is 0.417. The monoisotopic (exact) mass is 453 g/mol. The normalized spacial score (nSPS) is 18.1. The molecule has 8 heteroatoms. The van der Waals surface area contributed by atoms with Gasteiger partial charge >= 0.3 is 0 Å². The Kier molecular flexibility index (Phi) is 5.99. The van der Waals surface area contributed by atoms with Crippen LogP contribution in [0.15, 0.2) is 36.8 Å². The Morgan fingerprint density at radius 2 is 1.94 bits per heavy atom. The molecule has 7 nitrogen and oxygen atoms in total. The summed E-state index contributed by atoms with van der Waals surface area (Å²) in [6.45, 7) is 6.61. The largest absolute Gasteiger partial charge is 0.473 e. The smallest absolute Gasteiger partial charge is 0.238 e. The molecule has 1 aliphatic rings. The van der Waals surface area contributed by atoms with Crippen LogP contribution in [0.5, 0.6) is 5.88 Å². The lowest BCUT2D eigenvalue weighted by atomic mass is 9.76. The summed E-state index contributed by atoms with van der Waals surface area (Å²) >= 11 is 0. The minimum Gasteiger partial charge on any atom is -0.473 e. The molecular formula is C24H31N5O2S. The molecule has 32 heavy (non-hydrogen) atoms. The molecule has 0 aliphatic heterocycles. The van der Waals surface area contributed by atoms with Crippen molar-refractivity contribution in [1.29, 1.82) is 0 Å². The highest BCUT2D eigenvalue weighted by Crippen LogP contribution is 2.38. The van der Waals surface area contributed by atoms with E-state index in [-0.39, 0.29) is 6.10 Å². The maximum atomic E-state index is 12.1. The Morgan fingerprint density at radius 3 is 2.66 bits per heavy atom. The Morgan fingerprint density at radius 1 is 1.19 bits per heavy atom. The molecule has 1 fully saturated rings. The van der Waals surface area contributed by atoms with Crippen LogP contribution in [0.2, 0.25) is 0 Å². The van der Waals surface area contributed by atoms with Crippen LogP contribution in [0.1, 0.15) is 45.1 Å². The number of nitrogens with one attached hydrogen (secondary N) is 2. The number of anilines is 3. The van der Waals surface area contributed by atoms with Crippen molar-refractivity contribution in [2.24, 2.45) is 5.41 Å². The van der Waals surface area contributed by atoms with Crippen LogP contribution >= 0.6 is 0 Å². The van der Waals surface area contributed by atoms with Crippen LogP contribution in [0, 0.1) is 12.3 Å². The van der Waals surface area contributed by atoms with Gasteiger partial charge in [0.25, 0.3) is 0 Å². The number of nitrogens with zero attached hydrogens (tertiary/aromatic N) is 3. The van der Waals surface area contributed by atoms with Gasteiger partial charge < -0.3 is 14.8 Å². The van der Waals surface area contributed by atoms with Crippen LogP contribution < -0.4 is 14.8 Å². The van der Waals surface area contributed by atoms with Crippen molar-refractivity contribution in [3.63, 3.8) is 0 Å². The standard InChI is InChI=1S/C24H31N5O2S/c1-16-13-17(29-32(4,5)30)14-20-21(16)22(27-15-26-20)28-19-7-6-12-25-23(19)31-18-8-10-24(2,3)11-9-18/h6-7,12-15,18H,4,8-11H2,1-3,5H3,(H,29,30)(H,26,27,28). The van der Waals surface area contributed by atoms with Crippen LogP contribution in [-0.4, -0.2) is 37.4 Å². The van der Waals surface area contributed by atoms with Gasteiger partial charge in [-0.15, -0.1) is 0 Å². The van der Waals surface area contributed by atoms with E-state index in [1.807, 2.05) is 31.2 Å². The SMILES string of the molecule is C=S(C)(=O)Nc1cc(C)c2c(Nc3cccnc3OC3CCC(C)(C)CC3)ncnc2c1. The van der Waals surface area contributed by atoms with Crippen LogP contribution in [0.4, 0.5) is 17.2 Å². The van der Waals surface area contributed by atoms with Crippen LogP contribution in [0.3, 0.4) is 0 Å². The van der Waals surface area contributed by atoms with E-state index >= 15 is 0 Å². The van der Waals surface area contributed by atoms with Gasteiger partial charge in [0.1, 0.15) is 23.9 Å². The number of pyridine rings is 1. The van der Waals surface area contributed by atoms with E-state index in [1.165, 1.54) is 6.33 Å². The van der Waals surface area contributed by atoms with E-state index in [0.717, 1.165) is 47.8 Å². The molecule has 2 aromatic heterocycles. The average Bonchev–Trinajstić information content (AvgIpc) is 2.69. The van der Waals surface area contributed by atoms with Crippen molar-refractivity contribution in [2.75, 3.05) is 16.3 Å². The second kappa shape index (κ2) is 8.58. The van der Waals surface area contributed by atoms with Crippen molar-refractivity contribution in [1.82, 2.24) is 15.0 Å². The molecule has 4 rings (SSSR count). The molecule has 170 valence electrons. The van der Waals surface area contributed by atoms with E-state index in [9.17, 15) is 4.21 Å². The van der Waals surface area contributed by atoms with Gasteiger partial charge in [0, 0.05) is 33.2 Å². The van der Waals surface area contributed by atoms with Crippen LogP contribution in [-0.2, 0) is 9.71 Å². The molecule has 0 radical (unpaired) electrons. The number of aromatic nitrogens is 3. The Labute approximate surface area is 190 Å². The first-order valence-corrected chi connectivity index (χ1v) is 13.0. The Bertz CT molecular complexity index is 1230. The number of hydrogen-bond donors (Lipinski definition) is 2. The number of ether oxygens (including phenoxy) is 1. The highest BCUT2D eigenvalue weighted by atomic mass is 32.2. The summed E-state index contributed by atoms with van der Waals surface area (Å²) in [6, 6.07) is 7.61. The van der Waals surface area contributed by atoms with E-state index in [4.69, 9.17) is 4.74 Å². The van der Waals surface area contributed by atoms with Gasteiger partial charge in [0.2, 0.25) is 5.88 Å². The average molecular weight is 454 g/mol. The van der Waals surface area contributed by atoms with Crippen molar-refractivity contribution < 1.29 is 8.95 Å². The fourth-order valence-corrected chi connectivity index (χ4v) is 4.77. The van der Waals surface area contributed by atoms with E-state index < -0.39 is 9.71 Å². The number of benzene rings is 1. The fourth-order valence-electron chi connectivity index (χ4n) is 4.15. The summed E-state index contributed by atoms with van der Waals surface area (Å²) < 4.78 is 21.3. The van der Waals surface area contributed by atoms with Crippen molar-refractivity contribution in [2.45, 2.75) is 52.6 Å². The second-order valence-corrected chi connectivity index (χ2v) is 11.7. The van der Waals surface area contributed by atoms with Gasteiger partial charge in [0.05, 0.1) is 5.52 Å². The maximum absolute atomic E-state index is 12.1. The van der Waals surface area contributed by atoms with Gasteiger partial charge in [-0.1, -0.05) is 13.8 Å². The number of rotatable bonds is 6. The highest BCUT2D eigenvalue weighted by molar-refractivity contribution is 8.00. The van der Waals surface area contributed by atoms with Crippen molar-refractivity contribution >= 4 is 43.7 Å². The minimum absolute atomic E-state index is 0.169. The minimum atomic E-state index is -2.38. The molecule has 0 bridgehead atoms. The summed E-state index contributed by atoms with van der Waals surface area (Å²) in [5.41, 5.74) is 3.57. The van der Waals surface area contributed by atoms with Crippen molar-refractivity contribution in [3.05, 3.63) is 42.4 Å². The molecule has 0 saturated heterocycles. The molecule has 0 amide bonds. The zero-order valence-corrected chi connectivity index (χ0v) is 20.0. The third-order valence-corrected chi connectivity index (χ3v) is 6.53. The van der Waals surface area contributed by atoms with Gasteiger partial charge in [-0.05, 0) is 73.7 Å². The maximum Gasteiger partial charge on any atom is 0.238 e. The lowest BCUT2D eigenvalue weighted by molar-refractivity contribution is 0.0956. The molecule has 1 saturated carbocycles. The van der Waals surface area contributed by atoms with Gasteiger partial charge in [0.15, 0.2) is 0 Å². The lowest BCUT2D eigenvalue weighted by Crippen LogP contribution is -2.28. The Balaban J connectivity index is 1.61. The summed E-state index contributed by atoms with van der Waals surface area (Å²) in [5.74, 6) is 4.93. The van der Waals surface area contributed by atoms with E-state index in [1.54, 1.807) is 12.5 Å². The summed E-state index contributed by atoms with van der Waals surface area (Å²) in [4.78, 5) is 13.4. The quantitative estimate of drug-likeness (QED) is 0.505. The van der Waals surface area contributed by atoms with Gasteiger partial charge in [-0.2, -0.15) is 0 Å². The molecule has 1 atom stereocenters. The summed E-state index contributed by atoms with van der Waals surface area (Å²) in [6.07, 6.45) is 9.35. The number of aryl methyl sites for hydroxylation is 1. The molecule has 2 heterocycles. The third-order valence-electron chi connectivity index (χ3n) is 5.86. The third kappa shape index (κ3) is 5.30. The second-order valence-electron chi connectivity index (χ2n) is 9.48. The molecule has 0 spiro atoms. The molecule has 1 aliphatic carbocycles. The van der Waals surface area contributed by atoms with E-state index in [0.29, 0.717) is 22.8 Å². The molecule has 1 aromatic carbocycles.